The predicted molar refractivity (Wildman–Crippen MR) is 101 cm³/mol. The van der Waals surface area contributed by atoms with Gasteiger partial charge in [0.1, 0.15) is 0 Å². The average Bonchev–Trinajstić information content (AvgIpc) is 2.63. The third kappa shape index (κ3) is 2.56. The molecule has 0 saturated heterocycles. The predicted octanol–water partition coefficient (Wildman–Crippen LogP) is 5.94. The van der Waals surface area contributed by atoms with E-state index in [2.05, 4.69) is 84.9 Å². The van der Waals surface area contributed by atoms with Gasteiger partial charge in [0.25, 0.3) is 0 Å². The molecule has 0 nitrogen and oxygen atoms in total. The Bertz CT molecular complexity index is 887. The largest absolute Gasteiger partial charge is 0.184 e. The van der Waals surface area contributed by atoms with Crippen LogP contribution >= 0.6 is 11.1 Å². The minimum absolute atomic E-state index is 0.217. The van der Waals surface area contributed by atoms with Crippen molar-refractivity contribution in [1.82, 2.24) is 0 Å². The Kier molecular flexibility index (Phi) is 3.90. The highest BCUT2D eigenvalue weighted by molar-refractivity contribution is 6.94. The molecule has 0 aliphatic heterocycles. The van der Waals surface area contributed by atoms with Crippen molar-refractivity contribution < 1.29 is 0 Å². The second-order valence-electron chi connectivity index (χ2n) is 5.68. The fourth-order valence-corrected chi connectivity index (χ4v) is 4.73. The van der Waals surface area contributed by atoms with Gasteiger partial charge < -0.3 is 0 Å². The van der Waals surface area contributed by atoms with Gasteiger partial charge in [-0.2, -0.15) is 11.1 Å². The van der Waals surface area contributed by atoms with Crippen molar-refractivity contribution in [3.63, 3.8) is 0 Å². The second kappa shape index (κ2) is 6.19. The summed E-state index contributed by atoms with van der Waals surface area (Å²) in [4.78, 5) is 0. The number of rotatable bonds is 3. The molecule has 0 N–H and O–H groups in total. The highest BCUT2D eigenvalue weighted by atomic mass is 35.6. The molecule has 110 valence electrons. The molecule has 0 unspecified atom stereocenters. The molecule has 4 aromatic rings. The van der Waals surface area contributed by atoms with Crippen LogP contribution < -0.4 is 0 Å². The number of hydrogen-bond donors (Lipinski definition) is 0. The first-order valence-corrected chi connectivity index (χ1v) is 9.79. The van der Waals surface area contributed by atoms with Crippen LogP contribution in [0.3, 0.4) is 0 Å². The van der Waals surface area contributed by atoms with Crippen LogP contribution in [0.15, 0.2) is 84.9 Å². The van der Waals surface area contributed by atoms with E-state index < -0.39 is 0 Å². The zero-order valence-electron chi connectivity index (χ0n) is 12.5. The van der Waals surface area contributed by atoms with Crippen LogP contribution in [-0.2, 0) is 0 Å². The van der Waals surface area contributed by atoms with E-state index >= 15 is 0 Å². The van der Waals surface area contributed by atoms with Crippen LogP contribution in [0.2, 0.25) is 0 Å². The van der Waals surface area contributed by atoms with Gasteiger partial charge in [0, 0.05) is 5.54 Å². The van der Waals surface area contributed by atoms with E-state index in [1.54, 1.807) is 0 Å². The zero-order valence-corrected chi connectivity index (χ0v) is 14.3. The molecule has 2 radical (unpaired) electrons. The first kappa shape index (κ1) is 14.5. The molecular formula is C21H15ClSi. The second-order valence-corrected chi connectivity index (χ2v) is 7.13. The van der Waals surface area contributed by atoms with Gasteiger partial charge in [-0.15, -0.1) is 0 Å². The van der Waals surface area contributed by atoms with E-state index in [-0.39, 0.29) is 5.54 Å². The number of halogens is 1. The van der Waals surface area contributed by atoms with Crippen LogP contribution in [0.1, 0.15) is 16.7 Å². The Hall–Kier alpha value is -2.09. The van der Waals surface area contributed by atoms with Gasteiger partial charge >= 0.3 is 0 Å². The molecule has 4 rings (SSSR count). The summed E-state index contributed by atoms with van der Waals surface area (Å²) in [6.07, 6.45) is 0. The lowest BCUT2D eigenvalue weighted by molar-refractivity contribution is 1.17. The maximum absolute atomic E-state index is 6.47. The van der Waals surface area contributed by atoms with E-state index in [9.17, 15) is 0 Å². The molecule has 0 fully saturated rings. The molecule has 23 heavy (non-hydrogen) atoms. The topological polar surface area (TPSA) is 0 Å². The normalized spacial score (nSPS) is 11.4. The van der Waals surface area contributed by atoms with Crippen molar-refractivity contribution in [2.24, 2.45) is 0 Å². The van der Waals surface area contributed by atoms with Gasteiger partial charge in [0.05, 0.1) is 0 Å². The van der Waals surface area contributed by atoms with Crippen LogP contribution in [0.5, 0.6) is 0 Å². The maximum atomic E-state index is 6.47. The molecule has 0 atom stereocenters. The molecule has 4 aromatic carbocycles. The van der Waals surface area contributed by atoms with E-state index in [0.717, 1.165) is 0 Å². The molecule has 0 heterocycles. The fourth-order valence-electron chi connectivity index (χ4n) is 3.29. The van der Waals surface area contributed by atoms with E-state index in [4.69, 9.17) is 11.1 Å². The minimum Gasteiger partial charge on any atom is -0.170 e. The molecule has 0 bridgehead atoms. The fraction of sp³-hybridized carbons (Fsp3) is 0.0476. The lowest BCUT2D eigenvalue weighted by Crippen LogP contribution is -2.07. The molecule has 2 heteroatoms. The van der Waals surface area contributed by atoms with Gasteiger partial charge in [0.2, 0.25) is 0 Å². The Morgan fingerprint density at radius 1 is 0.565 bits per heavy atom. The SMILES string of the molecule is Cl[Si]C(c1cccc2ccccc12)c1cccc2ccccc12. The maximum Gasteiger partial charge on any atom is 0.184 e. The van der Waals surface area contributed by atoms with Crippen molar-refractivity contribution >= 4 is 41.5 Å². The number of fused-ring (bicyclic) bond motifs is 2. The summed E-state index contributed by atoms with van der Waals surface area (Å²) in [6, 6.07) is 30.1. The molecule has 0 aliphatic carbocycles. The highest BCUT2D eigenvalue weighted by Gasteiger charge is 2.18. The first-order chi connectivity index (χ1) is 11.4. The van der Waals surface area contributed by atoms with Gasteiger partial charge in [-0.1, -0.05) is 84.9 Å². The minimum atomic E-state index is 0.217. The third-order valence-electron chi connectivity index (χ3n) is 4.38. The van der Waals surface area contributed by atoms with Crippen molar-refractivity contribution in [3.8, 4) is 0 Å². The summed E-state index contributed by atoms with van der Waals surface area (Å²) in [6.45, 7) is 0. The monoisotopic (exact) mass is 330 g/mol. The van der Waals surface area contributed by atoms with Crippen LogP contribution in [-0.4, -0.2) is 8.83 Å². The molecule has 0 aliphatic rings. The Labute approximate surface area is 143 Å². The number of benzene rings is 4. The van der Waals surface area contributed by atoms with Gasteiger partial charge in [-0.3, -0.25) is 0 Å². The standard InChI is InChI=1S/C21H15ClSi/c22-23-21(19-13-5-9-15-7-1-3-11-17(15)19)20-14-6-10-16-8-2-4-12-18(16)20/h1-14,21H. The first-order valence-electron chi connectivity index (χ1n) is 7.70. The summed E-state index contributed by atoms with van der Waals surface area (Å²) in [5.74, 6) is 0. The van der Waals surface area contributed by atoms with Crippen molar-refractivity contribution in [2.45, 2.75) is 5.54 Å². The molecule has 0 spiro atoms. The van der Waals surface area contributed by atoms with E-state index in [0.29, 0.717) is 8.83 Å². The van der Waals surface area contributed by atoms with Gasteiger partial charge in [-0.05, 0) is 32.7 Å². The average molecular weight is 331 g/mol. The zero-order chi connectivity index (χ0) is 15.6. The summed E-state index contributed by atoms with van der Waals surface area (Å²) >= 11 is 6.47. The van der Waals surface area contributed by atoms with Crippen molar-refractivity contribution in [1.29, 1.82) is 0 Å². The lowest BCUT2D eigenvalue weighted by Gasteiger charge is -2.18. The van der Waals surface area contributed by atoms with E-state index in [1.165, 1.54) is 32.7 Å². The summed E-state index contributed by atoms with van der Waals surface area (Å²) in [5, 5.41) is 5.12. The summed E-state index contributed by atoms with van der Waals surface area (Å²) in [5.41, 5.74) is 2.84. The quantitative estimate of drug-likeness (QED) is 0.322. The van der Waals surface area contributed by atoms with Gasteiger partial charge in [-0.25, -0.2) is 0 Å². The van der Waals surface area contributed by atoms with Crippen LogP contribution in [0, 0.1) is 0 Å². The highest BCUT2D eigenvalue weighted by Crippen LogP contribution is 2.34. The van der Waals surface area contributed by atoms with Crippen LogP contribution in [0.4, 0.5) is 0 Å². The van der Waals surface area contributed by atoms with Crippen LogP contribution in [0.25, 0.3) is 21.5 Å². The van der Waals surface area contributed by atoms with Crippen molar-refractivity contribution in [3.05, 3.63) is 96.1 Å². The molecule has 0 saturated carbocycles. The third-order valence-corrected chi connectivity index (χ3v) is 5.87. The molecule has 0 amide bonds. The Morgan fingerprint density at radius 3 is 1.48 bits per heavy atom. The van der Waals surface area contributed by atoms with Gasteiger partial charge in [0.15, 0.2) is 8.83 Å². The Balaban J connectivity index is 1.97. The number of hydrogen-bond acceptors (Lipinski definition) is 0. The lowest BCUT2D eigenvalue weighted by atomic mass is 9.94. The summed E-state index contributed by atoms with van der Waals surface area (Å²) < 4.78 is 0. The van der Waals surface area contributed by atoms with Crippen molar-refractivity contribution in [2.75, 3.05) is 0 Å². The smallest absolute Gasteiger partial charge is 0.170 e. The molecule has 0 aromatic heterocycles. The van der Waals surface area contributed by atoms with E-state index in [1.807, 2.05) is 0 Å². The summed E-state index contributed by atoms with van der Waals surface area (Å²) in [7, 11) is 0.303. The molecular weight excluding hydrogens is 316 g/mol. The Morgan fingerprint density at radius 2 is 1.00 bits per heavy atom.